The van der Waals surface area contributed by atoms with E-state index < -0.39 is 5.91 Å². The van der Waals surface area contributed by atoms with E-state index in [4.69, 9.17) is 9.84 Å². The maximum atomic E-state index is 12.6. The molecule has 2 aromatic carbocycles. The summed E-state index contributed by atoms with van der Waals surface area (Å²) in [6.07, 6.45) is 4.92. The van der Waals surface area contributed by atoms with Crippen molar-refractivity contribution in [3.63, 3.8) is 0 Å². The van der Waals surface area contributed by atoms with Crippen LogP contribution in [-0.2, 0) is 4.79 Å². The molecule has 4 rings (SSSR count). The number of methoxy groups -OCH3 is 1. The van der Waals surface area contributed by atoms with Crippen molar-refractivity contribution >= 4 is 28.5 Å². The first-order valence-electron chi connectivity index (χ1n) is 9.30. The topological polar surface area (TPSA) is 92.8 Å². The number of para-hydroxylation sites is 1. The van der Waals surface area contributed by atoms with Gasteiger partial charge in [0.25, 0.3) is 5.91 Å². The summed E-state index contributed by atoms with van der Waals surface area (Å²) in [6.45, 7) is 0. The van der Waals surface area contributed by atoms with Crippen molar-refractivity contribution in [3.05, 3.63) is 83.5 Å². The zero-order valence-corrected chi connectivity index (χ0v) is 17.3. The van der Waals surface area contributed by atoms with Gasteiger partial charge in [-0.15, -0.1) is 11.3 Å². The highest BCUT2D eigenvalue weighted by Gasteiger charge is 2.16. The minimum atomic E-state index is -0.523. The molecule has 0 saturated carbocycles. The lowest BCUT2D eigenvalue weighted by Crippen LogP contribution is -2.13. The lowest BCUT2D eigenvalue weighted by atomic mass is 10.1. The van der Waals surface area contributed by atoms with Crippen LogP contribution in [0.25, 0.3) is 23.0 Å². The fourth-order valence-corrected chi connectivity index (χ4v) is 3.46. The molecule has 0 saturated heterocycles. The molecule has 1 amide bonds. The van der Waals surface area contributed by atoms with Gasteiger partial charge in [-0.05, 0) is 42.5 Å². The Bertz CT molecular complexity index is 1250. The molecular formula is C23H17N5O2S. The van der Waals surface area contributed by atoms with Crippen LogP contribution in [0.5, 0.6) is 5.75 Å². The fraction of sp³-hybridized carbons (Fsp3) is 0.0435. The number of aromatic nitrogens is 3. The van der Waals surface area contributed by atoms with E-state index in [0.29, 0.717) is 16.4 Å². The molecule has 2 heterocycles. The number of amides is 1. The van der Waals surface area contributed by atoms with Crippen LogP contribution in [0.4, 0.5) is 5.13 Å². The zero-order valence-electron chi connectivity index (χ0n) is 16.5. The first kappa shape index (κ1) is 20.1. The van der Waals surface area contributed by atoms with Crippen LogP contribution in [0.2, 0.25) is 0 Å². The molecule has 31 heavy (non-hydrogen) atoms. The highest BCUT2D eigenvalue weighted by molar-refractivity contribution is 7.13. The first-order valence-corrected chi connectivity index (χ1v) is 10.2. The van der Waals surface area contributed by atoms with Crippen LogP contribution < -0.4 is 10.1 Å². The molecule has 0 fully saturated rings. The van der Waals surface area contributed by atoms with Gasteiger partial charge in [-0.25, -0.2) is 9.67 Å². The quantitative estimate of drug-likeness (QED) is 0.360. The van der Waals surface area contributed by atoms with E-state index in [2.05, 4.69) is 10.3 Å². The number of nitrogens with zero attached hydrogens (tertiary/aromatic N) is 4. The van der Waals surface area contributed by atoms with E-state index >= 15 is 0 Å². The third-order valence-electron chi connectivity index (χ3n) is 4.44. The summed E-state index contributed by atoms with van der Waals surface area (Å²) >= 11 is 1.28. The van der Waals surface area contributed by atoms with Crippen molar-refractivity contribution in [3.8, 4) is 28.8 Å². The Morgan fingerprint density at radius 1 is 1.19 bits per heavy atom. The maximum Gasteiger partial charge on any atom is 0.268 e. The summed E-state index contributed by atoms with van der Waals surface area (Å²) < 4.78 is 6.96. The second-order valence-electron chi connectivity index (χ2n) is 6.40. The molecule has 4 aromatic rings. The first-order chi connectivity index (χ1) is 15.2. The minimum absolute atomic E-state index is 0.0439. The molecule has 0 aliphatic rings. The summed E-state index contributed by atoms with van der Waals surface area (Å²) in [5.41, 5.74) is 2.93. The molecule has 1 N–H and O–H groups in total. The summed E-state index contributed by atoms with van der Waals surface area (Å²) in [5, 5.41) is 19.1. The molecule has 0 unspecified atom stereocenters. The maximum absolute atomic E-state index is 12.6. The predicted octanol–water partition coefficient (Wildman–Crippen LogP) is 4.55. The fourth-order valence-electron chi connectivity index (χ4n) is 2.93. The molecule has 0 aliphatic carbocycles. The molecule has 0 radical (unpaired) electrons. The number of ether oxygens (including phenoxy) is 1. The van der Waals surface area contributed by atoms with Crippen molar-refractivity contribution < 1.29 is 9.53 Å². The lowest BCUT2D eigenvalue weighted by molar-refractivity contribution is -0.112. The van der Waals surface area contributed by atoms with Crippen molar-refractivity contribution in [2.24, 2.45) is 0 Å². The largest absolute Gasteiger partial charge is 0.497 e. The number of carbonyl (C=O) groups excluding carboxylic acids is 1. The predicted molar refractivity (Wildman–Crippen MR) is 120 cm³/mol. The molecule has 0 aliphatic heterocycles. The van der Waals surface area contributed by atoms with Crippen molar-refractivity contribution in [2.75, 3.05) is 12.4 Å². The molecule has 7 nitrogen and oxygen atoms in total. The van der Waals surface area contributed by atoms with Gasteiger partial charge in [0.2, 0.25) is 0 Å². The second kappa shape index (κ2) is 9.07. The summed E-state index contributed by atoms with van der Waals surface area (Å²) in [6, 6.07) is 19.0. The number of hydrogen-bond donors (Lipinski definition) is 1. The van der Waals surface area contributed by atoms with Crippen LogP contribution in [0.1, 0.15) is 5.56 Å². The number of hydrogen-bond acceptors (Lipinski definition) is 6. The number of nitrogens with one attached hydrogen (secondary N) is 1. The average Bonchev–Trinajstić information content (AvgIpc) is 3.48. The number of anilines is 1. The third-order valence-corrected chi connectivity index (χ3v) is 5.13. The van der Waals surface area contributed by atoms with E-state index in [-0.39, 0.29) is 5.57 Å². The number of carbonyl (C=O) groups is 1. The molecule has 0 spiro atoms. The number of benzene rings is 2. The number of rotatable bonds is 6. The average molecular weight is 427 g/mol. The van der Waals surface area contributed by atoms with E-state index in [1.807, 2.05) is 60.7 Å². The molecule has 152 valence electrons. The molecule has 2 aromatic heterocycles. The lowest BCUT2D eigenvalue weighted by Gasteiger charge is -2.03. The molecular weight excluding hydrogens is 410 g/mol. The summed E-state index contributed by atoms with van der Waals surface area (Å²) in [5.74, 6) is 0.203. The standard InChI is InChI=1S/C23H17N5O2S/c1-30-20-9-7-16(8-10-20)21-18(15-28(27-21)19-5-3-2-4-6-19)13-17(14-24)22(29)26-23-25-11-12-31-23/h2-13,15H,1H3,(H,25,26,29)/b17-13+. The highest BCUT2D eigenvalue weighted by Crippen LogP contribution is 2.27. The van der Waals surface area contributed by atoms with Crippen LogP contribution >= 0.6 is 11.3 Å². The van der Waals surface area contributed by atoms with Gasteiger partial charge in [-0.1, -0.05) is 18.2 Å². The van der Waals surface area contributed by atoms with E-state index in [1.54, 1.807) is 29.6 Å². The number of thiazole rings is 1. The van der Waals surface area contributed by atoms with Crippen LogP contribution in [0.15, 0.2) is 77.9 Å². The Kier molecular flexibility index (Phi) is 5.87. The van der Waals surface area contributed by atoms with Crippen LogP contribution in [0, 0.1) is 11.3 Å². The summed E-state index contributed by atoms with van der Waals surface area (Å²) in [4.78, 5) is 16.6. The Morgan fingerprint density at radius 2 is 1.97 bits per heavy atom. The Labute approximate surface area is 182 Å². The van der Waals surface area contributed by atoms with Crippen molar-refractivity contribution in [1.82, 2.24) is 14.8 Å². The van der Waals surface area contributed by atoms with Gasteiger partial charge in [0.1, 0.15) is 17.4 Å². The van der Waals surface area contributed by atoms with E-state index in [0.717, 1.165) is 17.0 Å². The molecule has 8 heteroatoms. The Hall–Kier alpha value is -4.22. The van der Waals surface area contributed by atoms with Crippen LogP contribution in [0.3, 0.4) is 0 Å². The van der Waals surface area contributed by atoms with E-state index in [9.17, 15) is 10.1 Å². The van der Waals surface area contributed by atoms with Gasteiger partial charge in [0, 0.05) is 28.9 Å². The van der Waals surface area contributed by atoms with Gasteiger partial charge in [-0.3, -0.25) is 10.1 Å². The highest BCUT2D eigenvalue weighted by atomic mass is 32.1. The minimum Gasteiger partial charge on any atom is -0.497 e. The monoisotopic (exact) mass is 427 g/mol. The van der Waals surface area contributed by atoms with Gasteiger partial charge >= 0.3 is 0 Å². The van der Waals surface area contributed by atoms with Gasteiger partial charge < -0.3 is 4.74 Å². The van der Waals surface area contributed by atoms with Crippen LogP contribution in [-0.4, -0.2) is 27.8 Å². The van der Waals surface area contributed by atoms with Gasteiger partial charge in [0.15, 0.2) is 5.13 Å². The zero-order chi connectivity index (χ0) is 21.6. The van der Waals surface area contributed by atoms with Gasteiger partial charge in [0.05, 0.1) is 18.5 Å². The number of nitriles is 1. The van der Waals surface area contributed by atoms with E-state index in [1.165, 1.54) is 17.4 Å². The second-order valence-corrected chi connectivity index (χ2v) is 7.30. The SMILES string of the molecule is COc1ccc(-c2nn(-c3ccccc3)cc2/C=C(\C#N)C(=O)Nc2nccs2)cc1. The summed E-state index contributed by atoms with van der Waals surface area (Å²) in [7, 11) is 1.60. The van der Waals surface area contributed by atoms with Crippen molar-refractivity contribution in [2.45, 2.75) is 0 Å². The smallest absolute Gasteiger partial charge is 0.268 e. The van der Waals surface area contributed by atoms with Gasteiger partial charge in [-0.2, -0.15) is 10.4 Å². The Morgan fingerprint density at radius 3 is 2.61 bits per heavy atom. The van der Waals surface area contributed by atoms with Crippen molar-refractivity contribution in [1.29, 1.82) is 5.26 Å². The normalized spacial score (nSPS) is 11.0. The molecule has 0 bridgehead atoms. The third kappa shape index (κ3) is 4.52. The molecule has 0 atom stereocenters. The Balaban J connectivity index is 1.77.